The van der Waals surface area contributed by atoms with Crippen molar-refractivity contribution in [3.8, 4) is 0 Å². The van der Waals surface area contributed by atoms with E-state index in [1.54, 1.807) is 17.3 Å². The molecule has 0 spiro atoms. The summed E-state index contributed by atoms with van der Waals surface area (Å²) in [5.41, 5.74) is 2.89. The molecular weight excluding hydrogens is 417 g/mol. The van der Waals surface area contributed by atoms with Crippen LogP contribution in [0.25, 0.3) is 21.9 Å². The summed E-state index contributed by atoms with van der Waals surface area (Å²) in [7, 11) is 0. The van der Waals surface area contributed by atoms with Gasteiger partial charge in [-0.2, -0.15) is 13.2 Å². The minimum Gasteiger partial charge on any atom is -0.360 e. The number of rotatable bonds is 4. The van der Waals surface area contributed by atoms with Gasteiger partial charge >= 0.3 is 6.18 Å². The number of aromatic nitrogens is 3. The van der Waals surface area contributed by atoms with Crippen LogP contribution in [0.1, 0.15) is 50.0 Å². The minimum atomic E-state index is -4.22. The molecule has 0 aromatic carbocycles. The van der Waals surface area contributed by atoms with Crippen LogP contribution in [0.3, 0.4) is 0 Å². The average Bonchev–Trinajstić information content (AvgIpc) is 3.28. The van der Waals surface area contributed by atoms with Gasteiger partial charge in [0.1, 0.15) is 6.29 Å². The van der Waals surface area contributed by atoms with Crippen molar-refractivity contribution < 1.29 is 18.0 Å². The van der Waals surface area contributed by atoms with Crippen LogP contribution < -0.4 is 0 Å². The molecule has 1 aliphatic heterocycles. The van der Waals surface area contributed by atoms with Crippen molar-refractivity contribution in [2.45, 2.75) is 56.7 Å². The zero-order chi connectivity index (χ0) is 22.3. The fourth-order valence-corrected chi connectivity index (χ4v) is 6.18. The molecular formula is C24H27F3N4O. The highest BCUT2D eigenvalue weighted by Crippen LogP contribution is 2.47. The molecule has 8 heteroatoms. The Bertz CT molecular complexity index is 1100. The Morgan fingerprint density at radius 1 is 1.12 bits per heavy atom. The number of hydrogen-bond acceptors (Lipinski definition) is 4. The molecule has 4 heterocycles. The first kappa shape index (κ1) is 21.4. The number of H-pyrrole nitrogens is 1. The SMILES string of the molecule is O=CCN1CCCC(C(F)(F)F)C1C1CCC(c2cc[nH]c3cnc4nccc4c23)CC1. The summed E-state index contributed by atoms with van der Waals surface area (Å²) >= 11 is 0. The van der Waals surface area contributed by atoms with E-state index in [0.717, 1.165) is 48.3 Å². The Morgan fingerprint density at radius 3 is 2.69 bits per heavy atom. The molecule has 0 bridgehead atoms. The Morgan fingerprint density at radius 2 is 1.94 bits per heavy atom. The monoisotopic (exact) mass is 444 g/mol. The molecule has 170 valence electrons. The molecule has 2 atom stereocenters. The Balaban J connectivity index is 1.41. The quantitative estimate of drug-likeness (QED) is 0.560. The number of fused-ring (bicyclic) bond motifs is 3. The summed E-state index contributed by atoms with van der Waals surface area (Å²) in [6.45, 7) is 0.662. The second-order valence-electron chi connectivity index (χ2n) is 9.22. The fourth-order valence-electron chi connectivity index (χ4n) is 6.18. The molecule has 0 amide bonds. The number of carbonyl (C=O) groups is 1. The van der Waals surface area contributed by atoms with Crippen molar-refractivity contribution in [2.75, 3.05) is 13.1 Å². The van der Waals surface area contributed by atoms with E-state index in [1.165, 1.54) is 5.56 Å². The summed E-state index contributed by atoms with van der Waals surface area (Å²) < 4.78 is 41.6. The summed E-state index contributed by atoms with van der Waals surface area (Å²) in [6.07, 6.45) is 5.83. The zero-order valence-corrected chi connectivity index (χ0v) is 17.8. The number of hydrogen-bond donors (Lipinski definition) is 1. The van der Waals surface area contributed by atoms with E-state index in [1.807, 2.05) is 12.3 Å². The predicted octanol–water partition coefficient (Wildman–Crippen LogP) is 5.23. The number of piperidine rings is 1. The highest BCUT2D eigenvalue weighted by molar-refractivity contribution is 6.05. The van der Waals surface area contributed by atoms with E-state index >= 15 is 0 Å². The molecule has 5 nitrogen and oxygen atoms in total. The molecule has 1 saturated heterocycles. The van der Waals surface area contributed by atoms with Gasteiger partial charge in [-0.3, -0.25) is 4.90 Å². The van der Waals surface area contributed by atoms with Crippen LogP contribution in [0.2, 0.25) is 0 Å². The van der Waals surface area contributed by atoms with Gasteiger partial charge in [-0.15, -0.1) is 0 Å². The highest BCUT2D eigenvalue weighted by Gasteiger charge is 2.50. The number of aromatic amines is 1. The molecule has 1 aliphatic carbocycles. The van der Waals surface area contributed by atoms with Crippen molar-refractivity contribution in [1.82, 2.24) is 19.9 Å². The topological polar surface area (TPSA) is 61.9 Å². The van der Waals surface area contributed by atoms with Crippen molar-refractivity contribution >= 4 is 28.2 Å². The van der Waals surface area contributed by atoms with Crippen LogP contribution in [0, 0.1) is 11.8 Å². The van der Waals surface area contributed by atoms with Gasteiger partial charge in [0.05, 0.1) is 24.2 Å². The van der Waals surface area contributed by atoms with Crippen molar-refractivity contribution in [2.24, 2.45) is 11.8 Å². The van der Waals surface area contributed by atoms with Gasteiger partial charge in [0.2, 0.25) is 0 Å². The van der Waals surface area contributed by atoms with E-state index in [-0.39, 0.29) is 24.8 Å². The standard InChI is InChI=1S/C24H27F3N4O/c25-24(26,27)19-2-1-11-31(12-13-32)22(19)16-5-3-15(4-6-16)17-7-9-28-20-14-30-23-18(21(17)20)8-10-29-23/h7-10,13-16,19,22,28H,1-6,11-12H2. The minimum absolute atomic E-state index is 0.0399. The normalized spacial score (nSPS) is 27.7. The van der Waals surface area contributed by atoms with E-state index in [0.29, 0.717) is 18.6 Å². The third-order valence-corrected chi connectivity index (χ3v) is 7.54. The van der Waals surface area contributed by atoms with Crippen LogP contribution in [0.5, 0.6) is 0 Å². The molecule has 0 radical (unpaired) electrons. The van der Waals surface area contributed by atoms with Gasteiger partial charge in [0.15, 0.2) is 5.65 Å². The molecule has 3 aromatic rings. The lowest BCUT2D eigenvalue weighted by molar-refractivity contribution is -0.208. The van der Waals surface area contributed by atoms with Crippen molar-refractivity contribution in [3.63, 3.8) is 0 Å². The van der Waals surface area contributed by atoms with Crippen LogP contribution in [0.15, 0.2) is 30.7 Å². The Kier molecular flexibility index (Phi) is 5.65. The number of aldehydes is 1. The molecule has 3 aromatic heterocycles. The first-order valence-electron chi connectivity index (χ1n) is 11.4. The van der Waals surface area contributed by atoms with Crippen molar-refractivity contribution in [1.29, 1.82) is 0 Å². The van der Waals surface area contributed by atoms with E-state index in [4.69, 9.17) is 0 Å². The number of alkyl halides is 3. The zero-order valence-electron chi connectivity index (χ0n) is 17.8. The Labute approximate surface area is 184 Å². The maximum atomic E-state index is 13.9. The summed E-state index contributed by atoms with van der Waals surface area (Å²) in [6, 6.07) is 3.48. The lowest BCUT2D eigenvalue weighted by Gasteiger charge is -2.47. The fraction of sp³-hybridized carbons (Fsp3) is 0.542. The second kappa shape index (κ2) is 8.46. The number of pyridine rings is 2. The largest absolute Gasteiger partial charge is 0.393 e. The van der Waals surface area contributed by atoms with Gasteiger partial charge in [-0.05, 0) is 74.6 Å². The molecule has 2 unspecified atom stereocenters. The van der Waals surface area contributed by atoms with Gasteiger partial charge in [0, 0.05) is 29.2 Å². The molecule has 2 aliphatic rings. The molecule has 32 heavy (non-hydrogen) atoms. The summed E-state index contributed by atoms with van der Waals surface area (Å²) in [5.74, 6) is -1.09. The second-order valence-corrected chi connectivity index (χ2v) is 9.22. The molecule has 1 N–H and O–H groups in total. The smallest absolute Gasteiger partial charge is 0.360 e. The number of carbonyl (C=O) groups excluding carboxylic acids is 1. The van der Waals surface area contributed by atoms with Crippen molar-refractivity contribution in [3.05, 3.63) is 36.3 Å². The first-order valence-corrected chi connectivity index (χ1v) is 11.4. The lowest BCUT2D eigenvalue weighted by atomic mass is 9.70. The average molecular weight is 445 g/mol. The van der Waals surface area contributed by atoms with Gasteiger partial charge in [-0.25, -0.2) is 9.97 Å². The lowest BCUT2D eigenvalue weighted by Crippen LogP contribution is -2.54. The highest BCUT2D eigenvalue weighted by atomic mass is 19.4. The van der Waals surface area contributed by atoms with E-state index < -0.39 is 18.1 Å². The van der Waals surface area contributed by atoms with Crippen LogP contribution in [0.4, 0.5) is 13.2 Å². The molecule has 1 saturated carbocycles. The van der Waals surface area contributed by atoms with Crippen LogP contribution in [-0.4, -0.2) is 51.4 Å². The number of nitrogens with zero attached hydrogens (tertiary/aromatic N) is 3. The van der Waals surface area contributed by atoms with Crippen LogP contribution >= 0.6 is 0 Å². The number of halogens is 3. The first-order chi connectivity index (χ1) is 15.5. The van der Waals surface area contributed by atoms with E-state index in [2.05, 4.69) is 21.0 Å². The molecule has 5 rings (SSSR count). The van der Waals surface area contributed by atoms with Gasteiger partial charge < -0.3 is 9.78 Å². The third kappa shape index (κ3) is 3.78. The summed E-state index contributed by atoms with van der Waals surface area (Å²) in [5, 5.41) is 2.13. The molecule has 2 fully saturated rings. The maximum Gasteiger partial charge on any atom is 0.393 e. The number of nitrogens with one attached hydrogen (secondary N) is 1. The van der Waals surface area contributed by atoms with Gasteiger partial charge in [-0.1, -0.05) is 0 Å². The number of likely N-dealkylation sites (tertiary alicyclic amines) is 1. The predicted molar refractivity (Wildman–Crippen MR) is 116 cm³/mol. The maximum absolute atomic E-state index is 13.9. The third-order valence-electron chi connectivity index (χ3n) is 7.54. The van der Waals surface area contributed by atoms with Gasteiger partial charge in [0.25, 0.3) is 0 Å². The van der Waals surface area contributed by atoms with Crippen LogP contribution in [-0.2, 0) is 4.79 Å². The van der Waals surface area contributed by atoms with E-state index in [9.17, 15) is 18.0 Å². The Hall–Kier alpha value is -2.48. The summed E-state index contributed by atoms with van der Waals surface area (Å²) in [4.78, 5) is 24.9.